The van der Waals surface area contributed by atoms with Crippen LogP contribution in [-0.2, 0) is 10.8 Å². The third-order valence-corrected chi connectivity index (χ3v) is 11.4. The van der Waals surface area contributed by atoms with Crippen LogP contribution in [0.1, 0.15) is 49.9 Å². The van der Waals surface area contributed by atoms with E-state index in [0.29, 0.717) is 27.6 Å². The molecule has 2 spiro atoms. The van der Waals surface area contributed by atoms with E-state index in [-0.39, 0.29) is 21.8 Å². The summed E-state index contributed by atoms with van der Waals surface area (Å²) in [6.45, 7) is 8.47. The van der Waals surface area contributed by atoms with Crippen molar-refractivity contribution in [2.75, 3.05) is 23.9 Å². The van der Waals surface area contributed by atoms with E-state index in [2.05, 4.69) is 49.6 Å². The first kappa shape index (κ1) is 33.4. The average molecular weight is 714 g/mol. The summed E-state index contributed by atoms with van der Waals surface area (Å²) in [5.41, 5.74) is 3.33. The first-order valence-electron chi connectivity index (χ1n) is 16.0. The summed E-state index contributed by atoms with van der Waals surface area (Å²) < 4.78 is 12.9. The van der Waals surface area contributed by atoms with E-state index in [4.69, 9.17) is 32.7 Å². The minimum Gasteiger partial charge on any atom is -0.463 e. The minimum absolute atomic E-state index is 0.0494. The smallest absolute Gasteiger partial charge is 0.288 e. The van der Waals surface area contributed by atoms with Crippen molar-refractivity contribution in [3.63, 3.8) is 0 Å². The van der Waals surface area contributed by atoms with E-state index in [0.717, 1.165) is 16.9 Å². The predicted molar refractivity (Wildman–Crippen MR) is 197 cm³/mol. The van der Waals surface area contributed by atoms with Gasteiger partial charge in [-0.25, -0.2) is 0 Å². The van der Waals surface area contributed by atoms with Crippen molar-refractivity contribution in [3.8, 4) is 11.5 Å². The maximum Gasteiger partial charge on any atom is 0.288 e. The van der Waals surface area contributed by atoms with Crippen LogP contribution in [0.3, 0.4) is 0 Å². The van der Waals surface area contributed by atoms with Gasteiger partial charge in [0.1, 0.15) is 16.5 Å². The van der Waals surface area contributed by atoms with Crippen LogP contribution in [0.5, 0.6) is 11.5 Å². The van der Waals surface area contributed by atoms with Gasteiger partial charge in [-0.2, -0.15) is 0 Å². The fourth-order valence-electron chi connectivity index (χ4n) is 7.93. The predicted octanol–water partition coefficient (Wildman–Crippen LogP) is 9.56. The van der Waals surface area contributed by atoms with Crippen molar-refractivity contribution in [1.82, 2.24) is 0 Å². The Morgan fingerprint density at radius 3 is 2.00 bits per heavy atom. The molecule has 4 aliphatic heterocycles. The molecule has 10 nitrogen and oxygen atoms in total. The number of nitro benzene ring substituents is 2. The number of nitrogens with zero attached hydrogens (tertiary/aromatic N) is 4. The van der Waals surface area contributed by atoms with Gasteiger partial charge in [0.25, 0.3) is 11.4 Å². The molecule has 4 aromatic rings. The summed E-state index contributed by atoms with van der Waals surface area (Å²) in [5, 5.41) is 22.9. The molecule has 4 aromatic carbocycles. The molecule has 50 heavy (non-hydrogen) atoms. The lowest BCUT2D eigenvalue weighted by Gasteiger charge is -2.45. The Labute approximate surface area is 299 Å². The molecule has 12 heteroatoms. The fraction of sp³-hybridized carbons (Fsp3) is 0.263. The average Bonchev–Trinajstić information content (AvgIpc) is 3.35. The van der Waals surface area contributed by atoms with Gasteiger partial charge in [0, 0.05) is 65.4 Å². The van der Waals surface area contributed by atoms with Gasteiger partial charge in [-0.1, -0.05) is 47.5 Å². The molecule has 0 saturated heterocycles. The molecule has 0 saturated carbocycles. The number of nitro groups is 2. The number of para-hydroxylation sites is 1. The monoisotopic (exact) mass is 712 g/mol. The first-order valence-corrected chi connectivity index (χ1v) is 16.7. The Hall–Kier alpha value is -5.06. The van der Waals surface area contributed by atoms with Crippen LogP contribution in [0.2, 0.25) is 10.0 Å². The van der Waals surface area contributed by atoms with Crippen molar-refractivity contribution in [2.45, 2.75) is 50.0 Å². The molecule has 8 rings (SSSR count). The molecular weight excluding hydrogens is 679 g/mol. The van der Waals surface area contributed by atoms with Gasteiger partial charge in [0.15, 0.2) is 0 Å². The van der Waals surface area contributed by atoms with Crippen molar-refractivity contribution in [1.29, 1.82) is 0 Å². The van der Waals surface area contributed by atoms with Crippen LogP contribution in [0.25, 0.3) is 12.2 Å². The number of ether oxygens (including phenoxy) is 2. The molecule has 2 unspecified atom stereocenters. The summed E-state index contributed by atoms with van der Waals surface area (Å²) in [5.74, 6) is 1.17. The summed E-state index contributed by atoms with van der Waals surface area (Å²) in [6, 6.07) is 21.7. The van der Waals surface area contributed by atoms with Gasteiger partial charge in [0.2, 0.25) is 11.4 Å². The number of hydrogen-bond donors (Lipinski definition) is 0. The topological polar surface area (TPSA) is 111 Å². The molecule has 256 valence electrons. The number of rotatable bonds is 2. The molecule has 4 heterocycles. The number of fused-ring (bicyclic) bond motifs is 4. The van der Waals surface area contributed by atoms with Gasteiger partial charge in [-0.15, -0.1) is 0 Å². The highest BCUT2D eigenvalue weighted by Crippen LogP contribution is 2.57. The third-order valence-electron chi connectivity index (χ3n) is 10.7. The van der Waals surface area contributed by atoms with Crippen molar-refractivity contribution < 1.29 is 19.3 Å². The lowest BCUT2D eigenvalue weighted by atomic mass is 9.76. The zero-order chi connectivity index (χ0) is 36.0. The standard InChI is InChI=1S/2C19H17ClN2O3/c1-18(2)17-14(20)5-4-6-15(17)21(3)19(18)10-9-12-11-13(22(23)24)7-8-16(12)25-19;1-18(2)13-6-4-5-7-14(13)21(3)19(18)11-10-12-16(25-19)9-8-15(17(12)20)22(23)24/h2*4-11H,1-3H3. The number of halogens is 2. The van der Waals surface area contributed by atoms with Gasteiger partial charge >= 0.3 is 0 Å². The lowest BCUT2D eigenvalue weighted by Crippen LogP contribution is -2.58. The van der Waals surface area contributed by atoms with E-state index in [1.165, 1.54) is 23.8 Å². The van der Waals surface area contributed by atoms with E-state index in [1.54, 1.807) is 12.1 Å². The Morgan fingerprint density at radius 1 is 0.700 bits per heavy atom. The lowest BCUT2D eigenvalue weighted by molar-refractivity contribution is -0.385. The second kappa shape index (κ2) is 11.2. The molecule has 0 aromatic heterocycles. The second-order valence-corrected chi connectivity index (χ2v) is 14.6. The van der Waals surface area contributed by atoms with Crippen molar-refractivity contribution in [3.05, 3.63) is 137 Å². The molecular formula is C38H34Cl2N4O6. The Kier molecular flexibility index (Phi) is 7.51. The highest BCUT2D eigenvalue weighted by Gasteiger charge is 2.59. The van der Waals surface area contributed by atoms with Crippen LogP contribution < -0.4 is 19.3 Å². The molecule has 0 amide bonds. The number of benzene rings is 4. The third kappa shape index (κ3) is 4.47. The highest BCUT2D eigenvalue weighted by molar-refractivity contribution is 6.34. The largest absolute Gasteiger partial charge is 0.463 e. The van der Waals surface area contributed by atoms with Crippen molar-refractivity contribution >= 4 is 58.1 Å². The normalized spacial score (nSPS) is 22.5. The Balaban J connectivity index is 0.000000157. The summed E-state index contributed by atoms with van der Waals surface area (Å²) in [7, 11) is 3.97. The Bertz CT molecular complexity index is 2180. The van der Waals surface area contributed by atoms with Crippen LogP contribution >= 0.6 is 23.2 Å². The van der Waals surface area contributed by atoms with Crippen LogP contribution in [0, 0.1) is 20.2 Å². The summed E-state index contributed by atoms with van der Waals surface area (Å²) in [6.07, 6.45) is 7.64. The van der Waals surface area contributed by atoms with Gasteiger partial charge in [-0.05, 0) is 87.9 Å². The molecule has 0 fully saturated rings. The highest BCUT2D eigenvalue weighted by atomic mass is 35.5. The van der Waals surface area contributed by atoms with E-state index < -0.39 is 26.7 Å². The number of hydrogen-bond acceptors (Lipinski definition) is 8. The molecule has 4 aliphatic rings. The first-order chi connectivity index (χ1) is 23.6. The zero-order valence-corrected chi connectivity index (χ0v) is 29.7. The van der Waals surface area contributed by atoms with Gasteiger partial charge < -0.3 is 19.3 Å². The zero-order valence-electron chi connectivity index (χ0n) is 28.2. The van der Waals surface area contributed by atoms with Crippen molar-refractivity contribution in [2.24, 2.45) is 0 Å². The maximum atomic E-state index is 11.1. The molecule has 0 bridgehead atoms. The second-order valence-electron chi connectivity index (χ2n) is 13.8. The maximum absolute atomic E-state index is 11.1. The van der Waals surface area contributed by atoms with E-state index in [9.17, 15) is 20.2 Å². The van der Waals surface area contributed by atoms with Crippen LogP contribution in [-0.4, -0.2) is 35.4 Å². The van der Waals surface area contributed by atoms with Crippen LogP contribution in [0.4, 0.5) is 22.7 Å². The van der Waals surface area contributed by atoms with Crippen LogP contribution in [0.15, 0.2) is 84.9 Å². The number of non-ortho nitro benzene ring substituents is 1. The number of likely N-dealkylation sites (N-methyl/N-ethyl adjacent to an activating group) is 2. The van der Waals surface area contributed by atoms with Gasteiger partial charge in [0.05, 0.1) is 20.7 Å². The minimum atomic E-state index is -0.747. The fourth-order valence-corrected chi connectivity index (χ4v) is 8.62. The summed E-state index contributed by atoms with van der Waals surface area (Å²) in [4.78, 5) is 25.4. The molecule has 0 aliphatic carbocycles. The Morgan fingerprint density at radius 2 is 1.32 bits per heavy atom. The summed E-state index contributed by atoms with van der Waals surface area (Å²) >= 11 is 12.7. The van der Waals surface area contributed by atoms with Gasteiger partial charge in [-0.3, -0.25) is 20.2 Å². The molecule has 2 atom stereocenters. The van der Waals surface area contributed by atoms with E-state index in [1.807, 2.05) is 68.7 Å². The quantitative estimate of drug-likeness (QED) is 0.149. The molecule has 0 radical (unpaired) electrons. The number of anilines is 2. The SMILES string of the molecule is CN1c2cccc(Cl)c2C(C)(C)C12C=Cc1cc([N+](=O)[O-])ccc1O2.CN1c2ccccc2C(C)(C)C12C=Cc1c(ccc([N+](=O)[O-])c1Cl)O2. The van der Waals surface area contributed by atoms with E-state index >= 15 is 0 Å². The molecule has 0 N–H and O–H groups in total.